The first kappa shape index (κ1) is 21.7. The molecule has 12 heteroatoms. The summed E-state index contributed by atoms with van der Waals surface area (Å²) in [4.78, 5) is 27.0. The number of aliphatic carboxylic acids is 1. The Morgan fingerprint density at radius 1 is 1.33 bits per heavy atom. The standard InChI is InChI=1S/C16H15FN4OS.C2HF3O2/c17-12-7-11(4-3-10(12)8-18)19-15(22)14-13(9-1-2-9)20-16-21(14)5-6-23-16;3-2(4,5)1(6)7/h3-7,9H,1-2,8,18H2,(H,19,22);(H,6,7). The summed E-state index contributed by atoms with van der Waals surface area (Å²) in [6.45, 7) is 0.129. The number of nitrogens with one attached hydrogen (secondary N) is 1. The summed E-state index contributed by atoms with van der Waals surface area (Å²) in [6, 6.07) is 4.54. The smallest absolute Gasteiger partial charge is 0.475 e. The molecule has 0 atom stereocenters. The highest BCUT2D eigenvalue weighted by atomic mass is 32.1. The van der Waals surface area contributed by atoms with Crippen LogP contribution in [0, 0.1) is 5.82 Å². The number of hydrogen-bond acceptors (Lipinski definition) is 5. The summed E-state index contributed by atoms with van der Waals surface area (Å²) in [7, 11) is 0. The number of benzene rings is 1. The molecule has 1 fully saturated rings. The van der Waals surface area contributed by atoms with Crippen molar-refractivity contribution in [1.82, 2.24) is 9.38 Å². The number of alkyl halides is 3. The Balaban J connectivity index is 0.000000318. The second-order valence-corrected chi connectivity index (χ2v) is 7.32. The molecule has 4 N–H and O–H groups in total. The van der Waals surface area contributed by atoms with E-state index < -0.39 is 18.0 Å². The number of hydrogen-bond donors (Lipinski definition) is 3. The molecular weight excluding hydrogens is 428 g/mol. The Morgan fingerprint density at radius 2 is 2.00 bits per heavy atom. The largest absolute Gasteiger partial charge is 0.490 e. The van der Waals surface area contributed by atoms with Crippen molar-refractivity contribution in [1.29, 1.82) is 0 Å². The fourth-order valence-corrected chi connectivity index (χ4v) is 3.37. The second-order valence-electron chi connectivity index (χ2n) is 6.44. The number of carbonyl (C=O) groups is 2. The zero-order chi connectivity index (χ0) is 22.1. The molecule has 0 aliphatic heterocycles. The van der Waals surface area contributed by atoms with Crippen molar-refractivity contribution in [2.45, 2.75) is 31.5 Å². The summed E-state index contributed by atoms with van der Waals surface area (Å²) in [5.74, 6) is -3.08. The minimum Gasteiger partial charge on any atom is -0.475 e. The highest BCUT2D eigenvalue weighted by Crippen LogP contribution is 2.42. The molecule has 0 saturated heterocycles. The molecule has 4 rings (SSSR count). The van der Waals surface area contributed by atoms with Gasteiger partial charge in [-0.25, -0.2) is 14.2 Å². The molecule has 0 bridgehead atoms. The minimum atomic E-state index is -5.08. The van der Waals surface area contributed by atoms with E-state index in [1.54, 1.807) is 16.5 Å². The quantitative estimate of drug-likeness (QED) is 0.531. The van der Waals surface area contributed by atoms with Gasteiger partial charge in [0.2, 0.25) is 0 Å². The summed E-state index contributed by atoms with van der Waals surface area (Å²) in [5, 5.41) is 11.8. The molecule has 7 nitrogen and oxygen atoms in total. The Hall–Kier alpha value is -2.99. The molecule has 1 aliphatic carbocycles. The van der Waals surface area contributed by atoms with Crippen LogP contribution in [0.3, 0.4) is 0 Å². The number of carboxylic acids is 1. The highest BCUT2D eigenvalue weighted by molar-refractivity contribution is 7.15. The Labute approximate surface area is 171 Å². The number of halogens is 4. The summed E-state index contributed by atoms with van der Waals surface area (Å²) >= 11 is 1.50. The topological polar surface area (TPSA) is 110 Å². The van der Waals surface area contributed by atoms with Crippen LogP contribution in [0.2, 0.25) is 0 Å². The number of carboxylic acid groups (broad SMARTS) is 1. The zero-order valence-corrected chi connectivity index (χ0v) is 16.1. The van der Waals surface area contributed by atoms with Gasteiger partial charge in [-0.2, -0.15) is 13.2 Å². The lowest BCUT2D eigenvalue weighted by molar-refractivity contribution is -0.192. The van der Waals surface area contributed by atoms with E-state index in [-0.39, 0.29) is 12.5 Å². The van der Waals surface area contributed by atoms with Gasteiger partial charge >= 0.3 is 12.1 Å². The molecule has 1 amide bonds. The van der Waals surface area contributed by atoms with E-state index in [2.05, 4.69) is 10.3 Å². The van der Waals surface area contributed by atoms with Crippen molar-refractivity contribution in [2.75, 3.05) is 5.32 Å². The van der Waals surface area contributed by atoms with Crippen LogP contribution in [-0.4, -0.2) is 32.5 Å². The van der Waals surface area contributed by atoms with E-state index in [1.807, 2.05) is 11.6 Å². The van der Waals surface area contributed by atoms with E-state index in [9.17, 15) is 22.4 Å². The normalized spacial score (nSPS) is 13.6. The van der Waals surface area contributed by atoms with Crippen LogP contribution in [0.15, 0.2) is 29.8 Å². The summed E-state index contributed by atoms with van der Waals surface area (Å²) < 4.78 is 47.4. The monoisotopic (exact) mass is 444 g/mol. The third-order valence-electron chi connectivity index (χ3n) is 4.24. The summed E-state index contributed by atoms with van der Waals surface area (Å²) in [5.41, 5.74) is 7.68. The number of nitrogens with two attached hydrogens (primary N) is 1. The minimum absolute atomic E-state index is 0.129. The summed E-state index contributed by atoms with van der Waals surface area (Å²) in [6.07, 6.45) is -1.12. The van der Waals surface area contributed by atoms with E-state index in [0.29, 0.717) is 22.9 Å². The number of thiazole rings is 1. The molecule has 1 saturated carbocycles. The van der Waals surface area contributed by atoms with Gasteiger partial charge in [-0.05, 0) is 25.0 Å². The molecule has 0 radical (unpaired) electrons. The molecule has 0 unspecified atom stereocenters. The number of anilines is 1. The van der Waals surface area contributed by atoms with E-state index in [1.165, 1.54) is 17.4 Å². The SMILES string of the molecule is NCc1ccc(NC(=O)c2c(C3CC3)nc3sccn23)cc1F.O=C(O)C(F)(F)F. The van der Waals surface area contributed by atoms with Crippen LogP contribution < -0.4 is 11.1 Å². The lowest BCUT2D eigenvalue weighted by atomic mass is 10.2. The van der Waals surface area contributed by atoms with Gasteiger partial charge < -0.3 is 16.2 Å². The van der Waals surface area contributed by atoms with Crippen molar-refractivity contribution in [3.05, 3.63) is 52.5 Å². The Kier molecular flexibility index (Phi) is 6.08. The third-order valence-corrected chi connectivity index (χ3v) is 5.00. The van der Waals surface area contributed by atoms with Crippen LogP contribution in [0.25, 0.3) is 4.96 Å². The van der Waals surface area contributed by atoms with Crippen LogP contribution >= 0.6 is 11.3 Å². The number of fused-ring (bicyclic) bond motifs is 1. The molecule has 30 heavy (non-hydrogen) atoms. The number of imidazole rings is 1. The predicted molar refractivity (Wildman–Crippen MR) is 101 cm³/mol. The van der Waals surface area contributed by atoms with Gasteiger partial charge in [-0.15, -0.1) is 11.3 Å². The molecule has 2 aromatic heterocycles. The van der Waals surface area contributed by atoms with E-state index in [0.717, 1.165) is 23.5 Å². The van der Waals surface area contributed by atoms with Gasteiger partial charge in [0.25, 0.3) is 5.91 Å². The average Bonchev–Trinajstić information content (AvgIpc) is 3.29. The predicted octanol–water partition coefficient (Wildman–Crippen LogP) is 3.76. The first-order valence-corrected chi connectivity index (χ1v) is 9.55. The third kappa shape index (κ3) is 4.76. The van der Waals surface area contributed by atoms with Crippen molar-refractivity contribution in [2.24, 2.45) is 5.73 Å². The molecule has 2 heterocycles. The van der Waals surface area contributed by atoms with E-state index >= 15 is 0 Å². The number of amides is 1. The number of rotatable bonds is 4. The molecule has 1 aromatic carbocycles. The van der Waals surface area contributed by atoms with Crippen molar-refractivity contribution >= 4 is 33.9 Å². The van der Waals surface area contributed by atoms with Crippen LogP contribution in [0.4, 0.5) is 23.2 Å². The Bertz CT molecular complexity index is 1090. The maximum atomic E-state index is 13.8. The fourth-order valence-electron chi connectivity index (χ4n) is 2.65. The first-order chi connectivity index (χ1) is 14.1. The average molecular weight is 444 g/mol. The lowest BCUT2D eigenvalue weighted by Gasteiger charge is -2.08. The Morgan fingerprint density at radius 3 is 2.53 bits per heavy atom. The van der Waals surface area contributed by atoms with Gasteiger partial charge in [-0.1, -0.05) is 6.07 Å². The lowest BCUT2D eigenvalue weighted by Crippen LogP contribution is -2.21. The van der Waals surface area contributed by atoms with Gasteiger partial charge in [0.05, 0.1) is 5.69 Å². The van der Waals surface area contributed by atoms with Crippen LogP contribution in [0.5, 0.6) is 0 Å². The fraction of sp³-hybridized carbons (Fsp3) is 0.278. The molecule has 0 spiro atoms. The van der Waals surface area contributed by atoms with Crippen molar-refractivity contribution in [3.8, 4) is 0 Å². The second kappa shape index (κ2) is 8.40. The molecule has 160 valence electrons. The van der Waals surface area contributed by atoms with Crippen LogP contribution in [-0.2, 0) is 11.3 Å². The number of carbonyl (C=O) groups excluding carboxylic acids is 1. The van der Waals surface area contributed by atoms with E-state index in [4.69, 9.17) is 15.6 Å². The van der Waals surface area contributed by atoms with Crippen molar-refractivity contribution in [3.63, 3.8) is 0 Å². The highest BCUT2D eigenvalue weighted by Gasteiger charge is 2.38. The maximum Gasteiger partial charge on any atom is 0.490 e. The van der Waals surface area contributed by atoms with Crippen molar-refractivity contribution < 1.29 is 32.3 Å². The molecule has 3 aromatic rings. The number of nitrogens with zero attached hydrogens (tertiary/aromatic N) is 2. The van der Waals surface area contributed by atoms with Gasteiger partial charge in [-0.3, -0.25) is 9.20 Å². The molecular formula is C18H16F4N4O3S. The first-order valence-electron chi connectivity index (χ1n) is 8.67. The van der Waals surface area contributed by atoms with Crippen LogP contribution in [0.1, 0.15) is 40.5 Å². The number of aromatic nitrogens is 2. The molecule has 1 aliphatic rings. The van der Waals surface area contributed by atoms with Gasteiger partial charge in [0, 0.05) is 35.3 Å². The van der Waals surface area contributed by atoms with Gasteiger partial charge in [0.1, 0.15) is 11.5 Å². The maximum absolute atomic E-state index is 13.8. The zero-order valence-electron chi connectivity index (χ0n) is 15.2. The van der Waals surface area contributed by atoms with Gasteiger partial charge in [0.15, 0.2) is 4.96 Å².